The maximum Gasteiger partial charge on any atom is 0.410 e. The normalized spacial score (nSPS) is 16.1. The van der Waals surface area contributed by atoms with Crippen molar-refractivity contribution in [3.8, 4) is 34.5 Å². The van der Waals surface area contributed by atoms with Crippen LogP contribution in [0.5, 0.6) is 11.8 Å². The number of hydrogen-bond acceptors (Lipinski definition) is 11. The average Bonchev–Trinajstić information content (AvgIpc) is 3.70. The number of carbonyl (C=O) groups is 1. The van der Waals surface area contributed by atoms with Gasteiger partial charge in [-0.05, 0) is 98.9 Å². The summed E-state index contributed by atoms with van der Waals surface area (Å²) in [4.78, 5) is 36.1. The van der Waals surface area contributed by atoms with Crippen molar-refractivity contribution >= 4 is 41.7 Å². The van der Waals surface area contributed by atoms with Crippen LogP contribution in [-0.2, 0) is 9.47 Å². The van der Waals surface area contributed by atoms with Crippen molar-refractivity contribution in [2.24, 2.45) is 5.11 Å². The summed E-state index contributed by atoms with van der Waals surface area (Å²) in [6.07, 6.45) is 3.73. The molecule has 2 aromatic carbocycles. The van der Waals surface area contributed by atoms with E-state index in [1.54, 1.807) is 29.3 Å². The van der Waals surface area contributed by atoms with E-state index < -0.39 is 31.4 Å². The number of aromatic nitrogens is 3. The van der Waals surface area contributed by atoms with Crippen LogP contribution in [0.1, 0.15) is 87.1 Å². The second-order valence-corrected chi connectivity index (χ2v) is 24.2. The van der Waals surface area contributed by atoms with Crippen LogP contribution < -0.4 is 14.4 Å². The number of carbonyl (C=O) groups excluding carboxylic acids is 1. The van der Waals surface area contributed by atoms with Crippen LogP contribution in [-0.4, -0.2) is 117 Å². The predicted octanol–water partition coefficient (Wildman–Crippen LogP) is 10.3. The van der Waals surface area contributed by atoms with Gasteiger partial charge in [-0.3, -0.25) is 9.88 Å². The number of rotatable bonds is 15. The largest absolute Gasteiger partial charge is 0.468 e. The van der Waals surface area contributed by atoms with Crippen LogP contribution in [0, 0.1) is 23.1 Å². The molecule has 2 saturated heterocycles. The molecule has 0 unspecified atom stereocenters. The number of hydrogen-bond donors (Lipinski definition) is 0. The number of piperazine rings is 1. The molecule has 2 aliphatic heterocycles. The minimum atomic E-state index is -2.32. The fourth-order valence-corrected chi connectivity index (χ4v) is 14.6. The van der Waals surface area contributed by atoms with E-state index >= 15 is 8.78 Å². The van der Waals surface area contributed by atoms with E-state index in [9.17, 15) is 4.79 Å². The van der Waals surface area contributed by atoms with Crippen molar-refractivity contribution in [2.45, 2.75) is 110 Å². The Bertz CT molecular complexity index is 2400. The number of amides is 1. The fraction of sp³-hybridized carbons (Fsp3) is 0.574. The number of pyridine rings is 1. The van der Waals surface area contributed by atoms with Gasteiger partial charge in [-0.25, -0.2) is 13.6 Å². The van der Waals surface area contributed by atoms with E-state index in [4.69, 9.17) is 39.4 Å². The molecule has 4 aromatic rings. The van der Waals surface area contributed by atoms with E-state index in [1.807, 2.05) is 25.7 Å². The number of ether oxygens (including phenoxy) is 4. The van der Waals surface area contributed by atoms with Gasteiger partial charge in [0.05, 0.1) is 10.9 Å². The summed E-state index contributed by atoms with van der Waals surface area (Å²) < 4.78 is 57.2. The first-order valence-electron chi connectivity index (χ1n) is 22.4. The minimum Gasteiger partial charge on any atom is -0.468 e. The van der Waals surface area contributed by atoms with Crippen LogP contribution >= 0.6 is 0 Å². The quantitative estimate of drug-likeness (QED) is 0.0214. The standard InChI is InChI=1S/C47H63F2N9O5Si/c1-30(2)64(31(3)4,32(5)6)24-16-36-39(48)15-14-33-25-35(62-29-60-10)26-37(40(33)36)42-41(49)43-38(27-51-42)44(57-20-22-58(23-21-57)46(59)63-47(7,8)9)54-45(53-43)61-28-34-13-11-18-56(34)19-12-17-52-55-50/h14-15,25-27,30-32,34H,11-13,17-23,28-29H2,1-10H3/t34-/m0/s1. The number of azide groups is 1. The molecule has 14 nitrogen and oxygen atoms in total. The number of fused-ring (bicyclic) bond motifs is 2. The highest BCUT2D eigenvalue weighted by molar-refractivity contribution is 6.90. The zero-order valence-electron chi connectivity index (χ0n) is 39.0. The van der Waals surface area contributed by atoms with E-state index in [0.717, 1.165) is 25.9 Å². The molecule has 2 aliphatic rings. The van der Waals surface area contributed by atoms with Crippen LogP contribution in [0.2, 0.25) is 16.6 Å². The lowest BCUT2D eigenvalue weighted by Gasteiger charge is -2.38. The molecule has 0 aliphatic carbocycles. The molecule has 1 amide bonds. The van der Waals surface area contributed by atoms with Crippen molar-refractivity contribution in [1.29, 1.82) is 0 Å². The number of nitrogens with zero attached hydrogens (tertiary/aromatic N) is 9. The fourth-order valence-electron chi connectivity index (χ4n) is 9.42. The molecule has 0 spiro atoms. The van der Waals surface area contributed by atoms with E-state index in [2.05, 4.69) is 67.9 Å². The molecule has 2 fully saturated rings. The highest BCUT2D eigenvalue weighted by Gasteiger charge is 2.42. The molecule has 64 heavy (non-hydrogen) atoms. The Kier molecular flexibility index (Phi) is 15.6. The van der Waals surface area contributed by atoms with Gasteiger partial charge in [-0.2, -0.15) is 9.97 Å². The monoisotopic (exact) mass is 899 g/mol. The molecule has 0 radical (unpaired) electrons. The Hall–Kier alpha value is -5.27. The molecular formula is C47H63F2N9O5Si. The number of benzene rings is 2. The summed E-state index contributed by atoms with van der Waals surface area (Å²) in [5.74, 6) is 2.85. The molecule has 17 heteroatoms. The summed E-state index contributed by atoms with van der Waals surface area (Å²) in [5, 5.41) is 5.03. The predicted molar refractivity (Wildman–Crippen MR) is 249 cm³/mol. The van der Waals surface area contributed by atoms with E-state index in [0.29, 0.717) is 83.5 Å². The smallest absolute Gasteiger partial charge is 0.410 e. The third-order valence-electron chi connectivity index (χ3n) is 12.5. The maximum atomic E-state index is 17.7. The van der Waals surface area contributed by atoms with Gasteiger partial charge >= 0.3 is 12.1 Å². The summed E-state index contributed by atoms with van der Waals surface area (Å²) in [5.41, 5.74) is 13.0. The second kappa shape index (κ2) is 20.7. The Morgan fingerprint density at radius 2 is 1.73 bits per heavy atom. The van der Waals surface area contributed by atoms with Gasteiger partial charge in [0.2, 0.25) is 0 Å². The Morgan fingerprint density at radius 1 is 1.02 bits per heavy atom. The van der Waals surface area contributed by atoms with Crippen LogP contribution in [0.3, 0.4) is 0 Å². The average molecular weight is 900 g/mol. The van der Waals surface area contributed by atoms with Crippen molar-refractivity contribution in [3.63, 3.8) is 0 Å². The van der Waals surface area contributed by atoms with Crippen LogP contribution in [0.25, 0.3) is 43.4 Å². The van der Waals surface area contributed by atoms with Gasteiger partial charge < -0.3 is 28.7 Å². The van der Waals surface area contributed by atoms with Gasteiger partial charge in [-0.1, -0.05) is 58.6 Å². The third-order valence-corrected chi connectivity index (χ3v) is 18.7. The molecule has 2 aromatic heterocycles. The molecule has 0 N–H and O–H groups in total. The summed E-state index contributed by atoms with van der Waals surface area (Å²) >= 11 is 0. The van der Waals surface area contributed by atoms with Crippen molar-refractivity contribution in [2.75, 3.05) is 71.2 Å². The number of halogens is 2. The van der Waals surface area contributed by atoms with Crippen molar-refractivity contribution in [1.82, 2.24) is 24.8 Å². The highest BCUT2D eigenvalue weighted by atomic mass is 28.3. The number of anilines is 1. The summed E-state index contributed by atoms with van der Waals surface area (Å²) in [6.45, 7) is 22.4. The van der Waals surface area contributed by atoms with Gasteiger partial charge in [-0.15, -0.1) is 5.54 Å². The van der Waals surface area contributed by atoms with Gasteiger partial charge in [0.15, 0.2) is 12.6 Å². The van der Waals surface area contributed by atoms with Crippen molar-refractivity contribution < 1.29 is 32.5 Å². The lowest BCUT2D eigenvalue weighted by molar-refractivity contribution is 0.0240. The molecule has 4 heterocycles. The maximum absolute atomic E-state index is 17.7. The Morgan fingerprint density at radius 3 is 2.39 bits per heavy atom. The van der Waals surface area contributed by atoms with Gasteiger partial charge in [0.1, 0.15) is 48.9 Å². The van der Waals surface area contributed by atoms with Gasteiger partial charge in [0.25, 0.3) is 0 Å². The third kappa shape index (κ3) is 10.6. The first-order chi connectivity index (χ1) is 30.5. The van der Waals surface area contributed by atoms with Gasteiger partial charge in [0, 0.05) is 67.9 Å². The molecule has 0 bridgehead atoms. The van der Waals surface area contributed by atoms with Crippen LogP contribution in [0.4, 0.5) is 19.4 Å². The second-order valence-electron chi connectivity index (χ2n) is 18.6. The lowest BCUT2D eigenvalue weighted by atomic mass is 9.95. The summed E-state index contributed by atoms with van der Waals surface area (Å²) in [7, 11) is -0.811. The molecular weight excluding hydrogens is 837 g/mol. The highest BCUT2D eigenvalue weighted by Crippen LogP contribution is 2.42. The molecule has 6 rings (SSSR count). The first kappa shape index (κ1) is 48.2. The molecule has 0 saturated carbocycles. The number of methoxy groups -OCH3 is 1. The number of likely N-dealkylation sites (tertiary alicyclic amines) is 1. The Balaban J connectivity index is 1.49. The topological polar surface area (TPSA) is 151 Å². The minimum absolute atomic E-state index is 0.00829. The molecule has 1 atom stereocenters. The summed E-state index contributed by atoms with van der Waals surface area (Å²) in [6, 6.07) is 6.50. The lowest BCUT2D eigenvalue weighted by Crippen LogP contribution is -2.50. The SMILES string of the molecule is COCOc1cc(-c2ncc3c(N4CCN(C(=O)OC(C)(C)C)CC4)nc(OC[C@@H]4CCCN4CCCN=[N+]=[N-])nc3c2F)c2c(C#C[Si](C(C)C)(C(C)C)C(C)C)c(F)ccc2c1. The van der Waals surface area contributed by atoms with E-state index in [-0.39, 0.29) is 47.8 Å². The van der Waals surface area contributed by atoms with Crippen molar-refractivity contribution in [3.05, 3.63) is 58.1 Å². The zero-order chi connectivity index (χ0) is 46.3. The van der Waals surface area contributed by atoms with Crippen LogP contribution in [0.15, 0.2) is 35.6 Å². The first-order valence-corrected chi connectivity index (χ1v) is 24.6. The molecule has 344 valence electrons. The Labute approximate surface area is 376 Å². The van der Waals surface area contributed by atoms with E-state index in [1.165, 1.54) is 13.2 Å². The zero-order valence-corrected chi connectivity index (χ0v) is 40.0.